The van der Waals surface area contributed by atoms with E-state index in [1.165, 1.54) is 5.56 Å². The molecule has 4 nitrogen and oxygen atoms in total. The van der Waals surface area contributed by atoms with E-state index in [-0.39, 0.29) is 5.91 Å². The van der Waals surface area contributed by atoms with E-state index in [0.29, 0.717) is 6.54 Å². The van der Waals surface area contributed by atoms with Crippen molar-refractivity contribution in [3.8, 4) is 5.75 Å². The molecule has 2 rings (SSSR count). The highest BCUT2D eigenvalue weighted by atomic mass is 32.2. The molecule has 0 fully saturated rings. The molecule has 1 aromatic heterocycles. The Balaban J connectivity index is 1.68. The predicted octanol–water partition coefficient (Wildman–Crippen LogP) is 3.71. The molecule has 1 aromatic carbocycles. The second-order valence-electron chi connectivity index (χ2n) is 5.45. The summed E-state index contributed by atoms with van der Waals surface area (Å²) in [7, 11) is 0. The highest BCUT2D eigenvalue weighted by Gasteiger charge is 2.15. The first-order valence-corrected chi connectivity index (χ1v) is 8.83. The van der Waals surface area contributed by atoms with Crippen molar-refractivity contribution in [3.63, 3.8) is 0 Å². The van der Waals surface area contributed by atoms with Crippen LogP contribution in [0.5, 0.6) is 5.75 Å². The maximum absolute atomic E-state index is 12.1. The molecule has 0 aliphatic heterocycles. The number of furan rings is 1. The van der Waals surface area contributed by atoms with E-state index in [4.69, 9.17) is 9.15 Å². The number of hydrogen-bond donors (Lipinski definition) is 1. The summed E-state index contributed by atoms with van der Waals surface area (Å²) < 4.78 is 11.0. The average Bonchev–Trinajstić information content (AvgIpc) is 3.02. The molecule has 2 aromatic rings. The van der Waals surface area contributed by atoms with Gasteiger partial charge in [-0.2, -0.15) is 11.8 Å². The number of rotatable bonds is 8. The Bertz CT molecular complexity index is 625. The molecule has 0 unspecified atom stereocenters. The van der Waals surface area contributed by atoms with Crippen LogP contribution in [-0.2, 0) is 10.5 Å². The number of carbonyl (C=O) groups is 1. The molecule has 0 saturated heterocycles. The topological polar surface area (TPSA) is 51.5 Å². The van der Waals surface area contributed by atoms with Crippen molar-refractivity contribution in [2.24, 2.45) is 0 Å². The third-order valence-electron chi connectivity index (χ3n) is 3.37. The number of thioether (sulfide) groups is 1. The molecule has 0 aliphatic carbocycles. The smallest absolute Gasteiger partial charge is 0.260 e. The number of benzene rings is 1. The van der Waals surface area contributed by atoms with Gasteiger partial charge in [-0.3, -0.25) is 4.79 Å². The fourth-order valence-electron chi connectivity index (χ4n) is 2.13. The molecule has 0 radical (unpaired) electrons. The van der Waals surface area contributed by atoms with Gasteiger partial charge in [0.25, 0.3) is 5.91 Å². The molecular formula is C18H23NO3S. The fraction of sp³-hybridized carbons (Fsp3) is 0.389. The van der Waals surface area contributed by atoms with Crippen molar-refractivity contribution in [2.75, 3.05) is 12.3 Å². The summed E-state index contributed by atoms with van der Waals surface area (Å²) in [5.74, 6) is 3.27. The molecule has 0 spiro atoms. The summed E-state index contributed by atoms with van der Waals surface area (Å²) in [4.78, 5) is 12.1. The second-order valence-corrected chi connectivity index (χ2v) is 6.56. The molecule has 1 amide bonds. The van der Waals surface area contributed by atoms with E-state index in [2.05, 4.69) is 5.32 Å². The van der Waals surface area contributed by atoms with Gasteiger partial charge in [0.1, 0.15) is 11.5 Å². The first-order valence-electron chi connectivity index (χ1n) is 7.68. The second kappa shape index (κ2) is 8.67. The number of carbonyl (C=O) groups excluding carboxylic acids is 1. The van der Waals surface area contributed by atoms with Gasteiger partial charge in [0, 0.05) is 12.3 Å². The zero-order chi connectivity index (χ0) is 16.7. The van der Waals surface area contributed by atoms with Crippen LogP contribution in [0.4, 0.5) is 0 Å². The lowest BCUT2D eigenvalue weighted by Crippen LogP contribution is -2.37. The van der Waals surface area contributed by atoms with E-state index < -0.39 is 6.10 Å². The number of amides is 1. The minimum atomic E-state index is -0.508. The molecule has 0 saturated carbocycles. The summed E-state index contributed by atoms with van der Waals surface area (Å²) in [6, 6.07) is 9.77. The highest BCUT2D eigenvalue weighted by molar-refractivity contribution is 7.98. The molecule has 0 bridgehead atoms. The standard InChI is InChI=1S/C18H23NO3S/c1-13-6-7-17(14(2)11-13)22-15(3)18(20)19-8-10-23-12-16-5-4-9-21-16/h4-7,9,11,15H,8,10,12H2,1-3H3,(H,19,20)/t15-/m1/s1. The number of nitrogens with one attached hydrogen (secondary N) is 1. The van der Waals surface area contributed by atoms with Gasteiger partial charge in [-0.05, 0) is 44.5 Å². The summed E-state index contributed by atoms with van der Waals surface area (Å²) in [6.07, 6.45) is 1.16. The Morgan fingerprint density at radius 3 is 2.87 bits per heavy atom. The summed E-state index contributed by atoms with van der Waals surface area (Å²) in [6.45, 7) is 6.40. The van der Waals surface area contributed by atoms with Crippen molar-refractivity contribution in [3.05, 3.63) is 53.5 Å². The maximum Gasteiger partial charge on any atom is 0.260 e. The first-order chi connectivity index (χ1) is 11.1. The van der Waals surface area contributed by atoms with Gasteiger partial charge in [0.05, 0.1) is 12.0 Å². The highest BCUT2D eigenvalue weighted by Crippen LogP contribution is 2.20. The van der Waals surface area contributed by atoms with Gasteiger partial charge in [-0.15, -0.1) is 0 Å². The lowest BCUT2D eigenvalue weighted by atomic mass is 10.1. The maximum atomic E-state index is 12.1. The van der Waals surface area contributed by atoms with Crippen LogP contribution in [0.3, 0.4) is 0 Å². The molecule has 23 heavy (non-hydrogen) atoms. The van der Waals surface area contributed by atoms with Crippen LogP contribution >= 0.6 is 11.8 Å². The van der Waals surface area contributed by atoms with Gasteiger partial charge in [0.2, 0.25) is 0 Å². The van der Waals surface area contributed by atoms with Crippen LogP contribution in [0.1, 0.15) is 23.8 Å². The van der Waals surface area contributed by atoms with E-state index in [9.17, 15) is 4.79 Å². The van der Waals surface area contributed by atoms with E-state index in [1.54, 1.807) is 24.9 Å². The minimum Gasteiger partial charge on any atom is -0.481 e. The van der Waals surface area contributed by atoms with Crippen LogP contribution in [0.15, 0.2) is 41.0 Å². The van der Waals surface area contributed by atoms with E-state index in [0.717, 1.165) is 28.6 Å². The van der Waals surface area contributed by atoms with E-state index in [1.807, 2.05) is 44.2 Å². The van der Waals surface area contributed by atoms with Crippen LogP contribution < -0.4 is 10.1 Å². The molecule has 0 aliphatic rings. The largest absolute Gasteiger partial charge is 0.481 e. The summed E-state index contributed by atoms with van der Waals surface area (Å²) in [5, 5.41) is 2.90. The zero-order valence-electron chi connectivity index (χ0n) is 13.8. The predicted molar refractivity (Wildman–Crippen MR) is 93.9 cm³/mol. The first kappa shape index (κ1) is 17.5. The Kier molecular flexibility index (Phi) is 6.59. The third kappa shape index (κ3) is 5.67. The molecule has 1 atom stereocenters. The van der Waals surface area contributed by atoms with Crippen LogP contribution in [0.2, 0.25) is 0 Å². The van der Waals surface area contributed by atoms with Crippen LogP contribution in [0.25, 0.3) is 0 Å². The zero-order valence-corrected chi connectivity index (χ0v) is 14.6. The fourth-order valence-corrected chi connectivity index (χ4v) is 2.89. The molecule has 5 heteroatoms. The minimum absolute atomic E-state index is 0.0939. The van der Waals surface area contributed by atoms with Crippen LogP contribution in [0, 0.1) is 13.8 Å². The van der Waals surface area contributed by atoms with Crippen molar-refractivity contribution in [1.29, 1.82) is 0 Å². The monoisotopic (exact) mass is 333 g/mol. The number of ether oxygens (including phenoxy) is 1. The normalized spacial score (nSPS) is 12.0. The number of hydrogen-bond acceptors (Lipinski definition) is 4. The molecule has 124 valence electrons. The molecular weight excluding hydrogens is 310 g/mol. The van der Waals surface area contributed by atoms with Gasteiger partial charge in [-0.25, -0.2) is 0 Å². The summed E-state index contributed by atoms with van der Waals surface area (Å²) >= 11 is 1.72. The van der Waals surface area contributed by atoms with Crippen molar-refractivity contribution >= 4 is 17.7 Å². The van der Waals surface area contributed by atoms with Crippen molar-refractivity contribution in [1.82, 2.24) is 5.32 Å². The number of aryl methyl sites for hydroxylation is 2. The Morgan fingerprint density at radius 1 is 1.35 bits per heavy atom. The van der Waals surface area contributed by atoms with Crippen molar-refractivity contribution < 1.29 is 13.9 Å². The summed E-state index contributed by atoms with van der Waals surface area (Å²) in [5.41, 5.74) is 2.22. The van der Waals surface area contributed by atoms with Gasteiger partial charge >= 0.3 is 0 Å². The SMILES string of the molecule is Cc1ccc(O[C@H](C)C(=O)NCCSCc2ccco2)c(C)c1. The molecule has 1 N–H and O–H groups in total. The van der Waals surface area contributed by atoms with Gasteiger partial charge < -0.3 is 14.5 Å². The molecule has 1 heterocycles. The Hall–Kier alpha value is -1.88. The quantitative estimate of drug-likeness (QED) is 0.748. The third-order valence-corrected chi connectivity index (χ3v) is 4.35. The lowest BCUT2D eigenvalue weighted by molar-refractivity contribution is -0.127. The van der Waals surface area contributed by atoms with E-state index >= 15 is 0 Å². The average molecular weight is 333 g/mol. The Labute approximate surface area is 141 Å². The Morgan fingerprint density at radius 2 is 2.17 bits per heavy atom. The van der Waals surface area contributed by atoms with Gasteiger partial charge in [-0.1, -0.05) is 17.7 Å². The van der Waals surface area contributed by atoms with Gasteiger partial charge in [0.15, 0.2) is 6.10 Å². The van der Waals surface area contributed by atoms with Crippen molar-refractivity contribution in [2.45, 2.75) is 32.6 Å². The van der Waals surface area contributed by atoms with Crippen LogP contribution in [-0.4, -0.2) is 24.3 Å². The lowest BCUT2D eigenvalue weighted by Gasteiger charge is -2.16.